The molecule has 0 radical (unpaired) electrons. The lowest BCUT2D eigenvalue weighted by atomic mass is 10.0. The number of nitrogens with zero attached hydrogens (tertiary/aromatic N) is 1. The maximum atomic E-state index is 11.1. The van der Waals surface area contributed by atoms with E-state index < -0.39 is 17.1 Å². The molecule has 1 aromatic heterocycles. The van der Waals surface area contributed by atoms with Gasteiger partial charge in [0.1, 0.15) is 5.01 Å². The molecule has 0 amide bonds. The van der Waals surface area contributed by atoms with Crippen molar-refractivity contribution in [2.24, 2.45) is 0 Å². The van der Waals surface area contributed by atoms with E-state index in [4.69, 9.17) is 28.3 Å². The molecule has 0 aliphatic carbocycles. The van der Waals surface area contributed by atoms with Gasteiger partial charge in [0.25, 0.3) is 0 Å². The highest BCUT2D eigenvalue weighted by atomic mass is 35.5. The van der Waals surface area contributed by atoms with Gasteiger partial charge in [-0.25, -0.2) is 4.98 Å². The molecular formula is C14H11Cl2NO3S. The number of carboxylic acid groups (broad SMARTS) is 1. The van der Waals surface area contributed by atoms with E-state index in [2.05, 4.69) is 4.98 Å². The number of carbonyl (C=O) groups is 2. The number of carboxylic acids is 1. The van der Waals surface area contributed by atoms with Crippen LogP contribution in [0.15, 0.2) is 30.5 Å². The van der Waals surface area contributed by atoms with Crippen molar-refractivity contribution in [2.45, 2.75) is 18.8 Å². The Balaban J connectivity index is 2.25. The molecule has 7 heteroatoms. The van der Waals surface area contributed by atoms with Crippen molar-refractivity contribution in [3.63, 3.8) is 0 Å². The van der Waals surface area contributed by atoms with Crippen LogP contribution >= 0.6 is 34.5 Å². The van der Waals surface area contributed by atoms with Gasteiger partial charge in [-0.05, 0) is 23.7 Å². The summed E-state index contributed by atoms with van der Waals surface area (Å²) in [5, 5.41) is 9.76. The zero-order chi connectivity index (χ0) is 15.4. The molecular weight excluding hydrogens is 333 g/mol. The van der Waals surface area contributed by atoms with Crippen LogP contribution in [0.5, 0.6) is 0 Å². The van der Waals surface area contributed by atoms with Crippen LogP contribution in [0.4, 0.5) is 0 Å². The predicted molar refractivity (Wildman–Crippen MR) is 83.0 cm³/mol. The van der Waals surface area contributed by atoms with Crippen LogP contribution in [-0.4, -0.2) is 21.3 Å². The number of benzene rings is 1. The molecule has 1 aromatic carbocycles. The Kier molecular flexibility index (Phi) is 5.33. The minimum atomic E-state index is -0.973. The van der Waals surface area contributed by atoms with E-state index in [-0.39, 0.29) is 12.8 Å². The van der Waals surface area contributed by atoms with Crippen molar-refractivity contribution >= 4 is 45.8 Å². The number of aromatic nitrogens is 1. The fraction of sp³-hybridized carbons (Fsp3) is 0.214. The van der Waals surface area contributed by atoms with Gasteiger partial charge >= 0.3 is 5.97 Å². The third kappa shape index (κ3) is 4.52. The Morgan fingerprint density at radius 2 is 1.90 bits per heavy atom. The average molecular weight is 344 g/mol. The summed E-state index contributed by atoms with van der Waals surface area (Å²) in [6, 6.07) is 7.19. The number of hydrogen-bond acceptors (Lipinski definition) is 4. The zero-order valence-corrected chi connectivity index (χ0v) is 13.1. The highest BCUT2D eigenvalue weighted by molar-refractivity contribution is 7.15. The minimum absolute atomic E-state index is 0.0178. The van der Waals surface area contributed by atoms with E-state index in [0.29, 0.717) is 5.02 Å². The Morgan fingerprint density at radius 1 is 1.24 bits per heavy atom. The van der Waals surface area contributed by atoms with Crippen molar-refractivity contribution in [2.75, 3.05) is 0 Å². The molecule has 1 atom stereocenters. The van der Waals surface area contributed by atoms with Crippen LogP contribution in [0.25, 0.3) is 10.6 Å². The van der Waals surface area contributed by atoms with E-state index in [0.717, 1.165) is 15.4 Å². The van der Waals surface area contributed by atoms with Gasteiger partial charge in [0, 0.05) is 34.0 Å². The van der Waals surface area contributed by atoms with E-state index >= 15 is 0 Å². The number of aliphatic carboxylic acids is 1. The molecule has 1 heterocycles. The van der Waals surface area contributed by atoms with Crippen LogP contribution in [0.1, 0.15) is 23.6 Å². The normalized spacial score (nSPS) is 12.1. The summed E-state index contributed by atoms with van der Waals surface area (Å²) in [5.41, 5.74) is 0.891. The van der Waals surface area contributed by atoms with Gasteiger partial charge in [-0.1, -0.05) is 23.7 Å². The molecule has 0 bridgehead atoms. The second kappa shape index (κ2) is 7.02. The second-order valence-electron chi connectivity index (χ2n) is 4.43. The maximum absolute atomic E-state index is 11.1. The summed E-state index contributed by atoms with van der Waals surface area (Å²) in [4.78, 5) is 27.0. The Morgan fingerprint density at radius 3 is 2.48 bits per heavy atom. The first-order valence-electron chi connectivity index (χ1n) is 6.07. The van der Waals surface area contributed by atoms with Crippen molar-refractivity contribution in [3.8, 4) is 10.6 Å². The van der Waals surface area contributed by atoms with Gasteiger partial charge < -0.3 is 5.11 Å². The van der Waals surface area contributed by atoms with Crippen LogP contribution < -0.4 is 0 Å². The first-order chi connectivity index (χ1) is 9.95. The molecule has 0 spiro atoms. The van der Waals surface area contributed by atoms with E-state index in [1.165, 1.54) is 11.3 Å². The van der Waals surface area contributed by atoms with Crippen LogP contribution in [-0.2, 0) is 9.59 Å². The number of hydrogen-bond donors (Lipinski definition) is 1. The molecule has 4 nitrogen and oxygen atoms in total. The first-order valence-corrected chi connectivity index (χ1v) is 7.64. The fourth-order valence-electron chi connectivity index (χ4n) is 1.88. The van der Waals surface area contributed by atoms with Gasteiger partial charge in [0.2, 0.25) is 5.24 Å². The Bertz CT molecular complexity index is 638. The molecule has 2 rings (SSSR count). The second-order valence-corrected chi connectivity index (χ2v) is 6.35. The lowest BCUT2D eigenvalue weighted by Gasteiger charge is -2.09. The predicted octanol–water partition coefficient (Wildman–Crippen LogP) is 4.18. The van der Waals surface area contributed by atoms with E-state index in [9.17, 15) is 9.59 Å². The third-order valence-corrected chi connectivity index (χ3v) is 4.46. The topological polar surface area (TPSA) is 67.3 Å². The summed E-state index contributed by atoms with van der Waals surface area (Å²) in [6.07, 6.45) is 1.43. The molecule has 0 saturated carbocycles. The lowest BCUT2D eigenvalue weighted by molar-refractivity contribution is -0.137. The van der Waals surface area contributed by atoms with E-state index in [1.54, 1.807) is 18.3 Å². The molecule has 110 valence electrons. The summed E-state index contributed by atoms with van der Waals surface area (Å²) in [5.74, 6) is -1.43. The van der Waals surface area contributed by atoms with Gasteiger partial charge in [-0.3, -0.25) is 9.59 Å². The lowest BCUT2D eigenvalue weighted by Crippen LogP contribution is -2.07. The molecule has 0 saturated heterocycles. The number of rotatable bonds is 6. The molecule has 21 heavy (non-hydrogen) atoms. The zero-order valence-electron chi connectivity index (χ0n) is 10.8. The van der Waals surface area contributed by atoms with Gasteiger partial charge in [0.05, 0.1) is 6.42 Å². The van der Waals surface area contributed by atoms with Crippen molar-refractivity contribution in [3.05, 3.63) is 40.4 Å². The Hall–Kier alpha value is -1.43. The van der Waals surface area contributed by atoms with Crippen LogP contribution in [0.2, 0.25) is 5.02 Å². The van der Waals surface area contributed by atoms with Gasteiger partial charge in [-0.2, -0.15) is 0 Å². The molecule has 0 aliphatic rings. The van der Waals surface area contributed by atoms with Crippen LogP contribution in [0, 0.1) is 0 Å². The first kappa shape index (κ1) is 15.9. The monoisotopic (exact) mass is 343 g/mol. The smallest absolute Gasteiger partial charge is 0.304 e. The van der Waals surface area contributed by atoms with Crippen molar-refractivity contribution in [1.29, 1.82) is 0 Å². The van der Waals surface area contributed by atoms with E-state index in [1.807, 2.05) is 12.1 Å². The third-order valence-electron chi connectivity index (χ3n) is 2.85. The summed E-state index contributed by atoms with van der Waals surface area (Å²) >= 11 is 12.6. The SMILES string of the molecule is O=C(O)CC(CC(=O)Cl)c1cnc(-c2ccc(Cl)cc2)s1. The highest BCUT2D eigenvalue weighted by Crippen LogP contribution is 2.34. The fourth-order valence-corrected chi connectivity index (χ4v) is 3.21. The summed E-state index contributed by atoms with van der Waals surface area (Å²) in [6.45, 7) is 0. The Labute approximate surface area is 135 Å². The average Bonchev–Trinajstić information content (AvgIpc) is 2.87. The molecule has 1 N–H and O–H groups in total. The maximum Gasteiger partial charge on any atom is 0.304 e. The van der Waals surface area contributed by atoms with Gasteiger partial charge in [0.15, 0.2) is 0 Å². The quantitative estimate of drug-likeness (QED) is 0.799. The number of halogens is 2. The summed E-state index contributed by atoms with van der Waals surface area (Å²) < 4.78 is 0. The number of carbonyl (C=O) groups excluding carboxylic acids is 1. The summed E-state index contributed by atoms with van der Waals surface area (Å²) in [7, 11) is 0. The van der Waals surface area contributed by atoms with Crippen molar-refractivity contribution in [1.82, 2.24) is 4.98 Å². The molecule has 0 aliphatic heterocycles. The molecule has 0 fully saturated rings. The number of thiazole rings is 1. The highest BCUT2D eigenvalue weighted by Gasteiger charge is 2.21. The largest absolute Gasteiger partial charge is 0.481 e. The standard InChI is InChI=1S/C14H11Cl2NO3S/c15-10-3-1-8(2-4-10)14-17-7-11(21-14)9(5-12(16)18)6-13(19)20/h1-4,7,9H,5-6H2,(H,19,20). The molecule has 2 aromatic rings. The molecule has 1 unspecified atom stereocenters. The van der Waals surface area contributed by atoms with Crippen molar-refractivity contribution < 1.29 is 14.7 Å². The van der Waals surface area contributed by atoms with Gasteiger partial charge in [-0.15, -0.1) is 11.3 Å². The van der Waals surface area contributed by atoms with Crippen LogP contribution in [0.3, 0.4) is 0 Å². The minimum Gasteiger partial charge on any atom is -0.481 e.